The van der Waals surface area contributed by atoms with E-state index in [1.165, 1.54) is 27.1 Å². The highest BCUT2D eigenvalue weighted by Gasteiger charge is 2.42. The molecule has 2 rings (SSSR count). The fourth-order valence-electron chi connectivity index (χ4n) is 1.56. The first-order valence-corrected chi connectivity index (χ1v) is 6.12. The van der Waals surface area contributed by atoms with E-state index < -0.39 is 0 Å². The van der Waals surface area contributed by atoms with Crippen LogP contribution in [0.2, 0.25) is 0 Å². The lowest BCUT2D eigenvalue weighted by atomic mass is 10.0. The zero-order valence-corrected chi connectivity index (χ0v) is 10.0. The van der Waals surface area contributed by atoms with Crippen molar-refractivity contribution >= 4 is 27.3 Å². The molecule has 1 aromatic heterocycles. The Hall–Kier alpha value is 0.140. The number of hydrogen-bond donors (Lipinski definition) is 1. The molecule has 1 nitrogen and oxygen atoms in total. The van der Waals surface area contributed by atoms with Gasteiger partial charge >= 0.3 is 0 Å². The van der Waals surface area contributed by atoms with Crippen LogP contribution < -0.4 is 0 Å². The van der Waals surface area contributed by atoms with Crippen LogP contribution in [-0.4, -0.2) is 11.7 Å². The molecule has 1 heterocycles. The molecular formula is C10H13BrOS. The molecule has 1 fully saturated rings. The van der Waals surface area contributed by atoms with Gasteiger partial charge in [0.25, 0.3) is 0 Å². The van der Waals surface area contributed by atoms with Crippen LogP contribution in [0.5, 0.6) is 0 Å². The maximum Gasteiger partial charge on any atom is 0.0490 e. The quantitative estimate of drug-likeness (QED) is 0.886. The summed E-state index contributed by atoms with van der Waals surface area (Å²) in [4.78, 5) is 2.74. The highest BCUT2D eigenvalue weighted by atomic mass is 79.9. The zero-order chi connectivity index (χ0) is 9.47. The average molecular weight is 261 g/mol. The Morgan fingerprint density at radius 3 is 2.69 bits per heavy atom. The van der Waals surface area contributed by atoms with Crippen molar-refractivity contribution in [3.05, 3.63) is 20.3 Å². The molecular weight excluding hydrogens is 248 g/mol. The maximum atomic E-state index is 9.20. The maximum absolute atomic E-state index is 9.20. The molecule has 0 bridgehead atoms. The third-order valence-electron chi connectivity index (χ3n) is 2.71. The Bertz CT molecular complexity index is 315. The lowest BCUT2D eigenvalue weighted by Crippen LogP contribution is -2.09. The molecule has 1 saturated carbocycles. The molecule has 0 aromatic carbocycles. The molecule has 72 valence electrons. The van der Waals surface area contributed by atoms with Crippen molar-refractivity contribution in [3.63, 3.8) is 0 Å². The van der Waals surface area contributed by atoms with E-state index in [4.69, 9.17) is 0 Å². The minimum atomic E-state index is 0.236. The normalized spacial score (nSPS) is 19.0. The molecule has 0 amide bonds. The number of aryl methyl sites for hydroxylation is 1. The summed E-state index contributed by atoms with van der Waals surface area (Å²) in [5, 5.41) is 9.20. The van der Waals surface area contributed by atoms with Crippen LogP contribution in [0, 0.1) is 12.3 Å². The molecule has 0 saturated heterocycles. The topological polar surface area (TPSA) is 20.2 Å². The number of aliphatic hydroxyl groups is 1. The highest BCUT2D eigenvalue weighted by Crippen LogP contribution is 2.49. The van der Waals surface area contributed by atoms with Crippen LogP contribution in [0.25, 0.3) is 0 Å². The van der Waals surface area contributed by atoms with E-state index in [1.54, 1.807) is 0 Å². The predicted octanol–water partition coefficient (Wildman–Crippen LogP) is 3.13. The molecule has 1 N–H and O–H groups in total. The minimum absolute atomic E-state index is 0.236. The molecule has 0 aliphatic heterocycles. The van der Waals surface area contributed by atoms with E-state index in [-0.39, 0.29) is 5.41 Å². The third kappa shape index (κ3) is 1.97. The summed E-state index contributed by atoms with van der Waals surface area (Å²) >= 11 is 5.39. The molecule has 1 aliphatic carbocycles. The molecule has 0 unspecified atom stereocenters. The van der Waals surface area contributed by atoms with Crippen LogP contribution in [0.4, 0.5) is 0 Å². The predicted molar refractivity (Wildman–Crippen MR) is 59.2 cm³/mol. The van der Waals surface area contributed by atoms with E-state index in [2.05, 4.69) is 28.9 Å². The summed E-state index contributed by atoms with van der Waals surface area (Å²) in [6, 6.07) is 2.16. The van der Waals surface area contributed by atoms with Crippen LogP contribution in [0.1, 0.15) is 22.6 Å². The fourth-order valence-corrected chi connectivity index (χ4v) is 3.54. The van der Waals surface area contributed by atoms with Gasteiger partial charge in [-0.2, -0.15) is 0 Å². The van der Waals surface area contributed by atoms with Crippen molar-refractivity contribution in [2.75, 3.05) is 6.61 Å². The van der Waals surface area contributed by atoms with E-state index in [0.29, 0.717) is 6.61 Å². The van der Waals surface area contributed by atoms with Gasteiger partial charge in [0.1, 0.15) is 0 Å². The molecule has 0 atom stereocenters. The van der Waals surface area contributed by atoms with Gasteiger partial charge in [0.15, 0.2) is 0 Å². The first-order valence-electron chi connectivity index (χ1n) is 4.51. The molecule has 3 heteroatoms. The van der Waals surface area contributed by atoms with E-state index in [1.807, 2.05) is 11.3 Å². The van der Waals surface area contributed by atoms with Gasteiger partial charge in [-0.25, -0.2) is 0 Å². The lowest BCUT2D eigenvalue weighted by molar-refractivity contribution is 0.211. The zero-order valence-electron chi connectivity index (χ0n) is 7.64. The molecule has 0 radical (unpaired) electrons. The van der Waals surface area contributed by atoms with Gasteiger partial charge in [0.05, 0.1) is 0 Å². The van der Waals surface area contributed by atoms with Crippen LogP contribution >= 0.6 is 27.3 Å². The largest absolute Gasteiger partial charge is 0.396 e. The standard InChI is InChI=1S/C10H13BrOS/c1-7-4-8(11)9(13-7)5-10(6-12)2-3-10/h4,12H,2-3,5-6H2,1H3. The summed E-state index contributed by atoms with van der Waals surface area (Å²) in [5.74, 6) is 0. The fraction of sp³-hybridized carbons (Fsp3) is 0.600. The van der Waals surface area contributed by atoms with Gasteiger partial charge in [-0.3, -0.25) is 0 Å². The van der Waals surface area contributed by atoms with Crippen molar-refractivity contribution in [2.24, 2.45) is 5.41 Å². The van der Waals surface area contributed by atoms with Crippen molar-refractivity contribution in [1.29, 1.82) is 0 Å². The monoisotopic (exact) mass is 260 g/mol. The molecule has 1 aromatic rings. The lowest BCUT2D eigenvalue weighted by Gasteiger charge is -2.09. The first-order chi connectivity index (χ1) is 6.15. The van der Waals surface area contributed by atoms with Gasteiger partial charge in [-0.1, -0.05) is 0 Å². The summed E-state index contributed by atoms with van der Waals surface area (Å²) in [5.41, 5.74) is 0.236. The van der Waals surface area contributed by atoms with Gasteiger partial charge in [-0.05, 0) is 53.6 Å². The number of rotatable bonds is 3. The Kier molecular flexibility index (Phi) is 2.51. The van der Waals surface area contributed by atoms with E-state index in [0.717, 1.165) is 6.42 Å². The van der Waals surface area contributed by atoms with Gasteiger partial charge in [0.2, 0.25) is 0 Å². The van der Waals surface area contributed by atoms with Crippen molar-refractivity contribution < 1.29 is 5.11 Å². The SMILES string of the molecule is Cc1cc(Br)c(CC2(CO)CC2)s1. The second-order valence-electron chi connectivity index (χ2n) is 3.96. The molecule has 1 aliphatic rings. The number of thiophene rings is 1. The number of halogens is 1. The van der Waals surface area contributed by atoms with E-state index in [9.17, 15) is 5.11 Å². The Morgan fingerprint density at radius 1 is 1.62 bits per heavy atom. The second-order valence-corrected chi connectivity index (χ2v) is 6.16. The van der Waals surface area contributed by atoms with Gasteiger partial charge in [-0.15, -0.1) is 11.3 Å². The van der Waals surface area contributed by atoms with Crippen LogP contribution in [-0.2, 0) is 6.42 Å². The number of aliphatic hydroxyl groups excluding tert-OH is 1. The molecule has 0 spiro atoms. The van der Waals surface area contributed by atoms with Crippen molar-refractivity contribution in [2.45, 2.75) is 26.2 Å². The highest BCUT2D eigenvalue weighted by molar-refractivity contribution is 9.10. The molecule has 13 heavy (non-hydrogen) atoms. The summed E-state index contributed by atoms with van der Waals surface area (Å²) in [6.45, 7) is 2.47. The average Bonchev–Trinajstić information content (AvgIpc) is 2.77. The van der Waals surface area contributed by atoms with Crippen LogP contribution in [0.15, 0.2) is 10.5 Å². The number of hydrogen-bond acceptors (Lipinski definition) is 2. The Morgan fingerprint density at radius 2 is 2.31 bits per heavy atom. The van der Waals surface area contributed by atoms with Gasteiger partial charge in [0, 0.05) is 20.8 Å². The van der Waals surface area contributed by atoms with Crippen molar-refractivity contribution in [1.82, 2.24) is 0 Å². The Balaban J connectivity index is 2.13. The smallest absolute Gasteiger partial charge is 0.0490 e. The first kappa shape index (κ1) is 9.69. The second kappa shape index (κ2) is 3.37. The summed E-state index contributed by atoms with van der Waals surface area (Å²) in [6.07, 6.45) is 3.42. The Labute approximate surface area is 90.9 Å². The van der Waals surface area contributed by atoms with Crippen molar-refractivity contribution in [3.8, 4) is 0 Å². The van der Waals surface area contributed by atoms with E-state index >= 15 is 0 Å². The van der Waals surface area contributed by atoms with Gasteiger partial charge < -0.3 is 5.11 Å². The summed E-state index contributed by atoms with van der Waals surface area (Å²) in [7, 11) is 0. The summed E-state index contributed by atoms with van der Waals surface area (Å²) < 4.78 is 1.22. The minimum Gasteiger partial charge on any atom is -0.396 e. The van der Waals surface area contributed by atoms with Crippen LogP contribution in [0.3, 0.4) is 0 Å². The third-order valence-corrected chi connectivity index (χ3v) is 4.73.